The van der Waals surface area contributed by atoms with Gasteiger partial charge in [-0.15, -0.1) is 0 Å². The number of hydrogen-bond donors (Lipinski definition) is 4. The van der Waals surface area contributed by atoms with Crippen LogP contribution < -0.4 is 11.1 Å². The van der Waals surface area contributed by atoms with Crippen LogP contribution in [0, 0.1) is 5.92 Å². The first-order valence-corrected chi connectivity index (χ1v) is 9.48. The summed E-state index contributed by atoms with van der Waals surface area (Å²) in [6, 6.07) is 0. The van der Waals surface area contributed by atoms with Gasteiger partial charge in [0.05, 0.1) is 17.9 Å². The zero-order valence-electron chi connectivity index (χ0n) is 16.7. The number of esters is 1. The predicted molar refractivity (Wildman–Crippen MR) is 105 cm³/mol. The molecule has 4 heterocycles. The second-order valence-electron chi connectivity index (χ2n) is 7.91. The molecule has 1 amide bonds. The minimum atomic E-state index is -1.70. The first-order chi connectivity index (χ1) is 14.1. The summed E-state index contributed by atoms with van der Waals surface area (Å²) in [7, 11) is 0. The summed E-state index contributed by atoms with van der Waals surface area (Å²) in [6.07, 6.45) is 0.985. The highest BCUT2D eigenvalue weighted by Gasteiger charge is 2.56. The fourth-order valence-corrected chi connectivity index (χ4v) is 3.78. The molecule has 0 bridgehead atoms. The number of carbonyl (C=O) groups is 2. The minimum Gasteiger partial charge on any atom is -0.456 e. The Balaban J connectivity index is 1.82. The van der Waals surface area contributed by atoms with Gasteiger partial charge in [0.1, 0.15) is 29.5 Å². The van der Waals surface area contributed by atoms with Gasteiger partial charge in [-0.1, -0.05) is 13.8 Å². The quantitative estimate of drug-likeness (QED) is 0.497. The van der Waals surface area contributed by atoms with E-state index in [0.717, 1.165) is 0 Å². The molecule has 0 spiro atoms. The molecule has 4 atom stereocenters. The monoisotopic (exact) mass is 417 g/mol. The maximum absolute atomic E-state index is 12.2. The number of nitrogens with two attached hydrogens (primary N) is 1. The van der Waals surface area contributed by atoms with E-state index in [9.17, 15) is 19.8 Å². The van der Waals surface area contributed by atoms with E-state index >= 15 is 0 Å². The molecule has 11 nitrogen and oxygen atoms in total. The SMILES string of the molecule is CC(C)C(=O)O[C@@H]1[C@@H](CO)O[C@@H](n2cc3c4c(ncnc42)NC(=O)C=C3N)C1(C)O. The van der Waals surface area contributed by atoms with Crippen LogP contribution in [0.4, 0.5) is 5.82 Å². The lowest BCUT2D eigenvalue weighted by Crippen LogP contribution is -2.47. The van der Waals surface area contributed by atoms with Crippen LogP contribution in [0.3, 0.4) is 0 Å². The van der Waals surface area contributed by atoms with E-state index in [2.05, 4.69) is 15.3 Å². The number of ether oxygens (including phenoxy) is 2. The first kappa shape index (κ1) is 20.3. The molecule has 1 saturated heterocycles. The van der Waals surface area contributed by atoms with E-state index in [1.807, 2.05) is 0 Å². The Labute approximate surface area is 171 Å². The summed E-state index contributed by atoms with van der Waals surface area (Å²) < 4.78 is 12.9. The van der Waals surface area contributed by atoms with Crippen molar-refractivity contribution in [3.05, 3.63) is 24.2 Å². The van der Waals surface area contributed by atoms with Crippen LogP contribution in [0.1, 0.15) is 32.6 Å². The zero-order chi connectivity index (χ0) is 21.8. The molecular weight excluding hydrogens is 394 g/mol. The Morgan fingerprint density at radius 3 is 2.87 bits per heavy atom. The van der Waals surface area contributed by atoms with Crippen LogP contribution in [0.15, 0.2) is 18.6 Å². The van der Waals surface area contributed by atoms with Gasteiger partial charge >= 0.3 is 5.97 Å². The predicted octanol–water partition coefficient (Wildman–Crippen LogP) is -0.108. The van der Waals surface area contributed by atoms with Gasteiger partial charge in [-0.05, 0) is 6.92 Å². The molecule has 2 aromatic rings. The zero-order valence-corrected chi connectivity index (χ0v) is 16.7. The highest BCUT2D eigenvalue weighted by molar-refractivity contribution is 6.13. The van der Waals surface area contributed by atoms with E-state index in [1.165, 1.54) is 19.3 Å². The summed E-state index contributed by atoms with van der Waals surface area (Å²) in [5.74, 6) is -1.08. The molecule has 11 heteroatoms. The number of amides is 1. The van der Waals surface area contributed by atoms with Crippen LogP contribution >= 0.6 is 0 Å². The number of aromatic nitrogens is 3. The second-order valence-corrected chi connectivity index (χ2v) is 7.91. The van der Waals surface area contributed by atoms with Gasteiger partial charge in [-0.3, -0.25) is 9.59 Å². The molecule has 0 radical (unpaired) electrons. The Morgan fingerprint density at radius 1 is 1.47 bits per heavy atom. The molecule has 5 N–H and O–H groups in total. The summed E-state index contributed by atoms with van der Waals surface area (Å²) in [5, 5.41) is 24.2. The van der Waals surface area contributed by atoms with E-state index in [1.54, 1.807) is 24.6 Å². The maximum atomic E-state index is 12.2. The maximum Gasteiger partial charge on any atom is 0.308 e. The molecule has 4 rings (SSSR count). The molecule has 30 heavy (non-hydrogen) atoms. The van der Waals surface area contributed by atoms with Crippen molar-refractivity contribution in [1.82, 2.24) is 14.5 Å². The van der Waals surface area contributed by atoms with Crippen molar-refractivity contribution in [2.24, 2.45) is 11.7 Å². The van der Waals surface area contributed by atoms with E-state index in [-0.39, 0.29) is 11.5 Å². The summed E-state index contributed by atoms with van der Waals surface area (Å²) in [6.45, 7) is 4.34. The third kappa shape index (κ3) is 3.02. The lowest BCUT2D eigenvalue weighted by molar-refractivity contribution is -0.167. The molecule has 0 aliphatic carbocycles. The molecular formula is C19H23N5O6. The topological polar surface area (TPSA) is 162 Å². The van der Waals surface area contributed by atoms with Crippen molar-refractivity contribution in [2.75, 3.05) is 11.9 Å². The van der Waals surface area contributed by atoms with Crippen molar-refractivity contribution >= 4 is 34.4 Å². The average molecular weight is 417 g/mol. The van der Waals surface area contributed by atoms with Gasteiger partial charge in [0.2, 0.25) is 0 Å². The fraction of sp³-hybridized carbons (Fsp3) is 0.474. The molecule has 1 unspecified atom stereocenters. The average Bonchev–Trinajstić information content (AvgIpc) is 3.13. The minimum absolute atomic E-state index is 0.198. The van der Waals surface area contributed by atoms with Gasteiger partial charge in [0.15, 0.2) is 12.3 Å². The van der Waals surface area contributed by atoms with E-state index in [0.29, 0.717) is 16.6 Å². The van der Waals surface area contributed by atoms with Gasteiger partial charge < -0.3 is 35.3 Å². The molecule has 2 aromatic heterocycles. The number of aliphatic hydroxyl groups is 2. The van der Waals surface area contributed by atoms with E-state index in [4.69, 9.17) is 15.2 Å². The highest BCUT2D eigenvalue weighted by Crippen LogP contribution is 2.43. The lowest BCUT2D eigenvalue weighted by atomic mass is 9.96. The highest BCUT2D eigenvalue weighted by atomic mass is 16.6. The third-order valence-corrected chi connectivity index (χ3v) is 5.31. The van der Waals surface area contributed by atoms with Gasteiger partial charge in [0, 0.05) is 23.5 Å². The number of carbonyl (C=O) groups excluding carboxylic acids is 2. The fourth-order valence-electron chi connectivity index (χ4n) is 3.78. The number of aliphatic hydroxyl groups excluding tert-OH is 1. The first-order valence-electron chi connectivity index (χ1n) is 9.48. The van der Waals surface area contributed by atoms with Crippen LogP contribution in [0.2, 0.25) is 0 Å². The number of nitrogens with zero attached hydrogens (tertiary/aromatic N) is 3. The van der Waals surface area contributed by atoms with Crippen LogP contribution in [-0.4, -0.2) is 61.0 Å². The Morgan fingerprint density at radius 2 is 2.20 bits per heavy atom. The molecule has 2 aliphatic heterocycles. The van der Waals surface area contributed by atoms with Gasteiger partial charge in [-0.25, -0.2) is 9.97 Å². The van der Waals surface area contributed by atoms with Crippen LogP contribution in [0.25, 0.3) is 16.7 Å². The van der Waals surface area contributed by atoms with Crippen molar-refractivity contribution in [3.63, 3.8) is 0 Å². The smallest absolute Gasteiger partial charge is 0.308 e. The second kappa shape index (κ2) is 7.04. The number of hydrogen-bond acceptors (Lipinski definition) is 9. The Hall–Kier alpha value is -3.02. The largest absolute Gasteiger partial charge is 0.456 e. The molecule has 0 aromatic carbocycles. The number of nitrogens with one attached hydrogen (secondary N) is 1. The van der Waals surface area contributed by atoms with Crippen LogP contribution in [-0.2, 0) is 19.1 Å². The molecule has 160 valence electrons. The number of anilines is 1. The molecule has 1 fully saturated rings. The normalized spacial score (nSPS) is 28.4. The third-order valence-electron chi connectivity index (χ3n) is 5.31. The summed E-state index contributed by atoms with van der Waals surface area (Å²) in [4.78, 5) is 32.5. The van der Waals surface area contributed by atoms with Crippen molar-refractivity contribution in [3.8, 4) is 0 Å². The van der Waals surface area contributed by atoms with Crippen molar-refractivity contribution < 1.29 is 29.3 Å². The van der Waals surface area contributed by atoms with Gasteiger partial charge in [-0.2, -0.15) is 0 Å². The van der Waals surface area contributed by atoms with Crippen molar-refractivity contribution in [2.45, 2.75) is 44.8 Å². The van der Waals surface area contributed by atoms with Crippen molar-refractivity contribution in [1.29, 1.82) is 0 Å². The summed E-state index contributed by atoms with van der Waals surface area (Å²) >= 11 is 0. The molecule has 0 saturated carbocycles. The molecule has 2 aliphatic rings. The lowest BCUT2D eigenvalue weighted by Gasteiger charge is -2.30. The van der Waals surface area contributed by atoms with Crippen LogP contribution in [0.5, 0.6) is 0 Å². The standard InChI is InChI=1S/C19H23N5O6/c1-8(2)17(27)30-14-11(6-25)29-18(19(14,3)28)24-5-9-10(20)4-12(26)23-15-13(9)16(24)22-7-21-15/h4-5,7-8,11,14,18,25,28H,6,20H2,1-3H3,(H,21,22,23,26)/t11-,14-,18-,19?/m1/s1. The number of rotatable bonds is 4. The van der Waals surface area contributed by atoms with Gasteiger partial charge in [0.25, 0.3) is 5.91 Å². The summed E-state index contributed by atoms with van der Waals surface area (Å²) in [5.41, 5.74) is 5.42. The van der Waals surface area contributed by atoms with E-state index < -0.39 is 48.4 Å². The Bertz CT molecular complexity index is 1060. The Kier molecular flexibility index (Phi) is 4.76.